The number of allylic oxidation sites excluding steroid dienone is 3. The number of fused-ring (bicyclic) bond motifs is 2. The molecular formula is C22H12Cl2N4S. The second-order valence-corrected chi connectivity index (χ2v) is 8.58. The van der Waals surface area contributed by atoms with Gasteiger partial charge in [0, 0.05) is 32.2 Å². The van der Waals surface area contributed by atoms with Gasteiger partial charge < -0.3 is 5.73 Å². The van der Waals surface area contributed by atoms with Gasteiger partial charge in [0.05, 0.1) is 23.4 Å². The molecule has 1 aliphatic carbocycles. The fourth-order valence-electron chi connectivity index (χ4n) is 4.02. The molecule has 29 heavy (non-hydrogen) atoms. The average Bonchev–Trinajstić information content (AvgIpc) is 2.73. The lowest BCUT2D eigenvalue weighted by Gasteiger charge is -2.40. The van der Waals surface area contributed by atoms with Crippen LogP contribution in [0.3, 0.4) is 0 Å². The van der Waals surface area contributed by atoms with Crippen molar-refractivity contribution in [3.8, 4) is 18.2 Å². The van der Waals surface area contributed by atoms with Crippen molar-refractivity contribution in [3.05, 3.63) is 80.5 Å². The van der Waals surface area contributed by atoms with Crippen LogP contribution in [0.5, 0.6) is 0 Å². The highest BCUT2D eigenvalue weighted by atomic mass is 35.5. The van der Waals surface area contributed by atoms with Gasteiger partial charge in [0.15, 0.2) is 5.41 Å². The van der Waals surface area contributed by atoms with Gasteiger partial charge in [0.2, 0.25) is 0 Å². The number of hydrogen-bond acceptors (Lipinski definition) is 5. The molecule has 0 spiro atoms. The third-order valence-corrected chi connectivity index (χ3v) is 7.01. The SMILES string of the molecule is N#CC1=C(N)C(C#N)(C#N)C(c2ccc(Cl)cc2Cl)C2=C1c1ccccc1SC2. The molecule has 2 aliphatic rings. The third-order valence-electron chi connectivity index (χ3n) is 5.32. The highest BCUT2D eigenvalue weighted by molar-refractivity contribution is 7.99. The van der Waals surface area contributed by atoms with Crippen LogP contribution in [-0.4, -0.2) is 5.75 Å². The summed E-state index contributed by atoms with van der Waals surface area (Å²) in [7, 11) is 0. The van der Waals surface area contributed by atoms with E-state index in [1.807, 2.05) is 24.3 Å². The first kappa shape index (κ1) is 19.4. The maximum Gasteiger partial charge on any atom is 0.194 e. The first-order valence-corrected chi connectivity index (χ1v) is 10.4. The molecule has 2 aromatic carbocycles. The molecule has 140 valence electrons. The lowest BCUT2D eigenvalue weighted by molar-refractivity contribution is 0.513. The minimum atomic E-state index is -1.74. The summed E-state index contributed by atoms with van der Waals surface area (Å²) in [4.78, 5) is 1.02. The molecule has 4 rings (SSSR count). The Hall–Kier alpha value is -2.88. The Morgan fingerprint density at radius 3 is 2.45 bits per heavy atom. The summed E-state index contributed by atoms with van der Waals surface area (Å²) in [5.74, 6) is -0.199. The molecule has 2 aromatic rings. The van der Waals surface area contributed by atoms with Crippen LogP contribution in [-0.2, 0) is 0 Å². The first-order valence-electron chi connectivity index (χ1n) is 8.62. The quantitative estimate of drug-likeness (QED) is 0.645. The molecule has 0 saturated carbocycles. The van der Waals surface area contributed by atoms with Crippen LogP contribution in [0.1, 0.15) is 17.0 Å². The molecule has 0 aromatic heterocycles. The van der Waals surface area contributed by atoms with Crippen molar-refractivity contribution in [2.24, 2.45) is 11.1 Å². The molecule has 1 atom stereocenters. The Morgan fingerprint density at radius 2 is 1.79 bits per heavy atom. The van der Waals surface area contributed by atoms with Crippen molar-refractivity contribution in [3.63, 3.8) is 0 Å². The number of benzene rings is 2. The fourth-order valence-corrected chi connectivity index (χ4v) is 5.66. The third kappa shape index (κ3) is 2.73. The monoisotopic (exact) mass is 434 g/mol. The van der Waals surface area contributed by atoms with Crippen LogP contribution in [0.4, 0.5) is 0 Å². The lowest BCUT2D eigenvalue weighted by atomic mass is 9.62. The molecule has 4 nitrogen and oxygen atoms in total. The maximum atomic E-state index is 10.1. The average molecular weight is 435 g/mol. The molecule has 0 saturated heterocycles. The van der Waals surface area contributed by atoms with Crippen LogP contribution in [0, 0.1) is 39.4 Å². The molecule has 7 heteroatoms. The van der Waals surface area contributed by atoms with Gasteiger partial charge in [0.25, 0.3) is 0 Å². The molecule has 0 fully saturated rings. The smallest absolute Gasteiger partial charge is 0.194 e. The largest absolute Gasteiger partial charge is 0.399 e. The highest BCUT2D eigenvalue weighted by Gasteiger charge is 2.52. The zero-order chi connectivity index (χ0) is 20.8. The molecule has 0 amide bonds. The van der Waals surface area contributed by atoms with E-state index in [1.54, 1.807) is 30.0 Å². The van der Waals surface area contributed by atoms with Crippen LogP contribution >= 0.6 is 35.0 Å². The van der Waals surface area contributed by atoms with E-state index in [-0.39, 0.29) is 11.3 Å². The van der Waals surface area contributed by atoms with E-state index in [0.717, 1.165) is 16.0 Å². The van der Waals surface area contributed by atoms with Crippen LogP contribution < -0.4 is 5.73 Å². The Balaban J connectivity index is 2.12. The summed E-state index contributed by atoms with van der Waals surface area (Å²) in [5.41, 5.74) is 7.71. The van der Waals surface area contributed by atoms with Crippen LogP contribution in [0.25, 0.3) is 5.57 Å². The van der Waals surface area contributed by atoms with Crippen molar-refractivity contribution in [2.75, 3.05) is 5.75 Å². The molecule has 0 radical (unpaired) electrons. The van der Waals surface area contributed by atoms with Crippen LogP contribution in [0.15, 0.2) is 64.2 Å². The Kier molecular flexibility index (Phi) is 4.81. The Labute approximate surface area is 182 Å². The number of halogens is 2. The predicted octanol–water partition coefficient (Wildman–Crippen LogP) is 5.42. The van der Waals surface area contributed by atoms with Gasteiger partial charge in [0.1, 0.15) is 6.07 Å². The molecule has 2 N–H and O–H groups in total. The minimum Gasteiger partial charge on any atom is -0.399 e. The normalized spacial score (nSPS) is 19.5. The number of nitriles is 3. The van der Waals surface area contributed by atoms with Crippen LogP contribution in [0.2, 0.25) is 10.0 Å². The summed E-state index contributed by atoms with van der Waals surface area (Å²) in [5, 5.41) is 30.9. The molecule has 0 bridgehead atoms. The standard InChI is InChI=1S/C22H12Cl2N4S/c23-12-5-6-13(17(24)7-12)20-16-9-29-18-4-2-1-3-14(18)19(16)15(8-25)21(28)22(20,10-26)11-27/h1-7,20H,9,28H2. The maximum absolute atomic E-state index is 10.1. The summed E-state index contributed by atoms with van der Waals surface area (Å²) < 4.78 is 0. The molecular weight excluding hydrogens is 423 g/mol. The van der Waals surface area contributed by atoms with E-state index >= 15 is 0 Å². The fraction of sp³-hybridized carbons (Fsp3) is 0.136. The Morgan fingerprint density at radius 1 is 1.07 bits per heavy atom. The topological polar surface area (TPSA) is 97.4 Å². The van der Waals surface area contributed by atoms with Crippen molar-refractivity contribution in [1.29, 1.82) is 15.8 Å². The second-order valence-electron chi connectivity index (χ2n) is 6.72. The van der Waals surface area contributed by atoms with Crippen molar-refractivity contribution >= 4 is 40.5 Å². The molecule has 1 heterocycles. The minimum absolute atomic E-state index is 0.0403. The first-order chi connectivity index (χ1) is 14.0. The van der Waals surface area contributed by atoms with E-state index in [9.17, 15) is 15.8 Å². The van der Waals surface area contributed by atoms with E-state index in [4.69, 9.17) is 28.9 Å². The number of nitrogens with two attached hydrogens (primary N) is 1. The zero-order valence-corrected chi connectivity index (χ0v) is 17.2. The lowest BCUT2D eigenvalue weighted by Crippen LogP contribution is -2.39. The van der Waals surface area contributed by atoms with Gasteiger partial charge >= 0.3 is 0 Å². The molecule has 1 aliphatic heterocycles. The summed E-state index contributed by atoms with van der Waals surface area (Å²) in [6.45, 7) is 0. The summed E-state index contributed by atoms with van der Waals surface area (Å²) >= 11 is 14.2. The van der Waals surface area contributed by atoms with E-state index < -0.39 is 11.3 Å². The predicted molar refractivity (Wildman–Crippen MR) is 114 cm³/mol. The zero-order valence-electron chi connectivity index (χ0n) is 14.9. The number of nitrogens with zero attached hydrogens (tertiary/aromatic N) is 3. The Bertz CT molecular complexity index is 1230. The highest BCUT2D eigenvalue weighted by Crippen LogP contribution is 2.57. The van der Waals surface area contributed by atoms with Gasteiger partial charge in [-0.05, 0) is 34.9 Å². The summed E-state index contributed by atoms with van der Waals surface area (Å²) in [6, 6.07) is 19.0. The second kappa shape index (κ2) is 7.18. The van der Waals surface area contributed by atoms with Gasteiger partial charge in [-0.2, -0.15) is 15.8 Å². The number of thioether (sulfide) groups is 1. The van der Waals surface area contributed by atoms with Gasteiger partial charge in [-0.15, -0.1) is 11.8 Å². The van der Waals surface area contributed by atoms with E-state index in [2.05, 4.69) is 18.2 Å². The number of rotatable bonds is 1. The number of hydrogen-bond donors (Lipinski definition) is 1. The summed E-state index contributed by atoms with van der Waals surface area (Å²) in [6.07, 6.45) is 0. The van der Waals surface area contributed by atoms with Crippen molar-refractivity contribution in [1.82, 2.24) is 0 Å². The van der Waals surface area contributed by atoms with Gasteiger partial charge in [-0.1, -0.05) is 47.5 Å². The van der Waals surface area contributed by atoms with Crippen molar-refractivity contribution < 1.29 is 0 Å². The van der Waals surface area contributed by atoms with Gasteiger partial charge in [-0.25, -0.2) is 0 Å². The van der Waals surface area contributed by atoms with Crippen molar-refractivity contribution in [2.45, 2.75) is 10.8 Å². The van der Waals surface area contributed by atoms with E-state index in [1.165, 1.54) is 0 Å². The van der Waals surface area contributed by atoms with E-state index in [0.29, 0.717) is 26.9 Å². The van der Waals surface area contributed by atoms with Gasteiger partial charge in [-0.3, -0.25) is 0 Å². The molecule has 1 unspecified atom stereocenters.